The number of nitrogens with zero attached hydrogens (tertiary/aromatic N) is 2. The van der Waals surface area contributed by atoms with Crippen LogP contribution in [0.4, 0.5) is 0 Å². The molecule has 2 aromatic rings. The van der Waals surface area contributed by atoms with Crippen LogP contribution in [0, 0.1) is 6.92 Å². The summed E-state index contributed by atoms with van der Waals surface area (Å²) in [6.07, 6.45) is 1.76. The Balaban J connectivity index is 1.79. The number of rotatable bonds is 2. The third kappa shape index (κ3) is 6.25. The third-order valence-electron chi connectivity index (χ3n) is 5.33. The second kappa shape index (κ2) is 11.2. The van der Waals surface area contributed by atoms with Crippen LogP contribution in [-0.4, -0.2) is 60.1 Å². The van der Waals surface area contributed by atoms with Gasteiger partial charge in [0, 0.05) is 18.1 Å². The first-order valence-electron chi connectivity index (χ1n) is 11.0. The van der Waals surface area contributed by atoms with E-state index in [1.807, 2.05) is 6.92 Å². The molecule has 1 atom stereocenters. The molecule has 1 aliphatic heterocycles. The first-order valence-corrected chi connectivity index (χ1v) is 11.4. The molecule has 3 rings (SSSR count). The number of aromatic nitrogens is 1. The van der Waals surface area contributed by atoms with Crippen LogP contribution in [0.25, 0.3) is 0 Å². The lowest BCUT2D eigenvalue weighted by Crippen LogP contribution is -2.45. The third-order valence-corrected chi connectivity index (χ3v) is 5.56. The molecule has 1 aromatic carbocycles. The van der Waals surface area contributed by atoms with Gasteiger partial charge in [-0.2, -0.15) is 0 Å². The molecule has 0 unspecified atom stereocenters. The molecule has 0 radical (unpaired) electrons. The predicted octanol–water partition coefficient (Wildman–Crippen LogP) is 2.75. The number of carbonyl (C=O) groups is 3. The fraction of sp³-hybridized carbons (Fsp3) is 0.478. The molecule has 33 heavy (non-hydrogen) atoms. The summed E-state index contributed by atoms with van der Waals surface area (Å²) in [5.41, 5.74) is 1.31. The van der Waals surface area contributed by atoms with Crippen molar-refractivity contribution in [3.63, 3.8) is 0 Å². The molecule has 0 saturated carbocycles. The molecule has 10 heteroatoms. The molecule has 1 aromatic heterocycles. The van der Waals surface area contributed by atoms with Gasteiger partial charge in [-0.1, -0.05) is 23.7 Å². The lowest BCUT2D eigenvalue weighted by atomic mass is 10.1. The summed E-state index contributed by atoms with van der Waals surface area (Å²) in [5.74, 6) is -0.0648. The predicted molar refractivity (Wildman–Crippen MR) is 123 cm³/mol. The van der Waals surface area contributed by atoms with Crippen molar-refractivity contribution in [2.75, 3.05) is 26.2 Å². The van der Waals surface area contributed by atoms with Gasteiger partial charge in [0.15, 0.2) is 0 Å². The summed E-state index contributed by atoms with van der Waals surface area (Å²) in [7, 11) is 0. The molecular weight excluding hydrogens is 448 g/mol. The van der Waals surface area contributed by atoms with E-state index in [2.05, 4.69) is 15.8 Å². The minimum Gasteiger partial charge on any atom is -0.491 e. The highest BCUT2D eigenvalue weighted by Crippen LogP contribution is 2.23. The van der Waals surface area contributed by atoms with E-state index in [9.17, 15) is 14.4 Å². The first kappa shape index (κ1) is 24.6. The van der Waals surface area contributed by atoms with E-state index in [4.69, 9.17) is 20.9 Å². The van der Waals surface area contributed by atoms with Gasteiger partial charge >= 0.3 is 0 Å². The van der Waals surface area contributed by atoms with Crippen LogP contribution in [0.2, 0.25) is 5.02 Å². The van der Waals surface area contributed by atoms with E-state index in [-0.39, 0.29) is 36.9 Å². The highest BCUT2D eigenvalue weighted by molar-refractivity contribution is 6.31. The maximum Gasteiger partial charge on any atom is 0.259 e. The highest BCUT2D eigenvalue weighted by Gasteiger charge is 2.26. The van der Waals surface area contributed by atoms with Gasteiger partial charge in [-0.3, -0.25) is 14.4 Å². The zero-order valence-corrected chi connectivity index (χ0v) is 19.8. The van der Waals surface area contributed by atoms with E-state index < -0.39 is 0 Å². The normalized spacial score (nSPS) is 18.3. The number of amides is 3. The topological polar surface area (TPSA) is 114 Å². The SMILES string of the molecule is CCc1noc(C)c1C(=O)N1CCCCNC(=O)c2cc(Cl)ccc2OC[C@@H](C)NC(=O)C1. The van der Waals surface area contributed by atoms with Gasteiger partial charge in [0.1, 0.15) is 23.7 Å². The molecule has 0 aliphatic carbocycles. The summed E-state index contributed by atoms with van der Waals surface area (Å²) in [6.45, 7) is 6.16. The number of halogens is 1. The quantitative estimate of drug-likeness (QED) is 0.689. The summed E-state index contributed by atoms with van der Waals surface area (Å²) in [5, 5.41) is 10.1. The summed E-state index contributed by atoms with van der Waals surface area (Å²) in [6, 6.07) is 4.48. The molecule has 2 N–H and O–H groups in total. The number of aryl methyl sites for hydroxylation is 2. The minimum absolute atomic E-state index is 0.102. The number of hydrogen-bond acceptors (Lipinski definition) is 6. The number of nitrogens with one attached hydrogen (secondary N) is 2. The fourth-order valence-electron chi connectivity index (χ4n) is 3.62. The lowest BCUT2D eigenvalue weighted by molar-refractivity contribution is -0.122. The van der Waals surface area contributed by atoms with Gasteiger partial charge in [-0.05, 0) is 51.3 Å². The standard InChI is InChI=1S/C23H29ClN4O5/c1-4-18-21(15(3)33-27-18)23(31)28-10-6-5-9-25-22(30)17-11-16(24)7-8-19(17)32-13-14(2)26-20(29)12-28/h7-8,11,14H,4-6,9-10,12-13H2,1-3H3,(H,25,30)(H,26,29)/t14-/m1/s1. The summed E-state index contributed by atoms with van der Waals surface area (Å²) < 4.78 is 11.0. The maximum atomic E-state index is 13.3. The number of hydrogen-bond donors (Lipinski definition) is 2. The van der Waals surface area contributed by atoms with Gasteiger partial charge in [0.25, 0.3) is 11.8 Å². The molecule has 2 heterocycles. The van der Waals surface area contributed by atoms with Crippen molar-refractivity contribution in [1.29, 1.82) is 0 Å². The number of fused-ring (bicyclic) bond motifs is 1. The van der Waals surface area contributed by atoms with Crippen LogP contribution in [0.3, 0.4) is 0 Å². The molecule has 3 amide bonds. The van der Waals surface area contributed by atoms with Crippen molar-refractivity contribution in [3.05, 3.63) is 45.8 Å². The van der Waals surface area contributed by atoms with Crippen LogP contribution < -0.4 is 15.4 Å². The molecular formula is C23H29ClN4O5. The van der Waals surface area contributed by atoms with Crippen molar-refractivity contribution >= 4 is 29.3 Å². The summed E-state index contributed by atoms with van der Waals surface area (Å²) in [4.78, 5) is 40.1. The molecule has 0 saturated heterocycles. The minimum atomic E-state index is -0.352. The van der Waals surface area contributed by atoms with Gasteiger partial charge in [-0.25, -0.2) is 0 Å². The Kier molecular flexibility index (Phi) is 8.32. The van der Waals surface area contributed by atoms with Crippen LogP contribution in [-0.2, 0) is 11.2 Å². The van der Waals surface area contributed by atoms with E-state index in [0.29, 0.717) is 65.7 Å². The molecule has 0 fully saturated rings. The smallest absolute Gasteiger partial charge is 0.259 e. The largest absolute Gasteiger partial charge is 0.491 e. The number of benzene rings is 1. The molecule has 0 bridgehead atoms. The van der Waals surface area contributed by atoms with Crippen molar-refractivity contribution < 1.29 is 23.6 Å². The van der Waals surface area contributed by atoms with Crippen molar-refractivity contribution in [1.82, 2.24) is 20.7 Å². The first-order chi connectivity index (χ1) is 15.8. The Hall–Kier alpha value is -3.07. The second-order valence-electron chi connectivity index (χ2n) is 8.02. The number of carbonyl (C=O) groups excluding carboxylic acids is 3. The fourth-order valence-corrected chi connectivity index (χ4v) is 3.80. The molecule has 0 spiro atoms. The monoisotopic (exact) mass is 476 g/mol. The average Bonchev–Trinajstić information content (AvgIpc) is 3.16. The number of ether oxygens (including phenoxy) is 1. The second-order valence-corrected chi connectivity index (χ2v) is 8.46. The zero-order valence-electron chi connectivity index (χ0n) is 19.1. The lowest BCUT2D eigenvalue weighted by Gasteiger charge is -2.23. The van der Waals surface area contributed by atoms with Crippen molar-refractivity contribution in [2.45, 2.75) is 46.1 Å². The van der Waals surface area contributed by atoms with Crippen molar-refractivity contribution in [2.24, 2.45) is 0 Å². The Morgan fingerprint density at radius 2 is 2.09 bits per heavy atom. The zero-order chi connectivity index (χ0) is 24.0. The van der Waals surface area contributed by atoms with E-state index in [1.54, 1.807) is 32.0 Å². The van der Waals surface area contributed by atoms with Gasteiger partial charge in [-0.15, -0.1) is 0 Å². The van der Waals surface area contributed by atoms with Crippen LogP contribution in [0.5, 0.6) is 5.75 Å². The van der Waals surface area contributed by atoms with E-state index in [0.717, 1.165) is 0 Å². The molecule has 9 nitrogen and oxygen atoms in total. The van der Waals surface area contributed by atoms with Crippen LogP contribution in [0.1, 0.15) is 58.9 Å². The highest BCUT2D eigenvalue weighted by atomic mass is 35.5. The summed E-state index contributed by atoms with van der Waals surface area (Å²) >= 11 is 6.06. The average molecular weight is 477 g/mol. The molecule has 1 aliphatic rings. The van der Waals surface area contributed by atoms with Crippen LogP contribution >= 0.6 is 11.6 Å². The van der Waals surface area contributed by atoms with Gasteiger partial charge in [0.2, 0.25) is 5.91 Å². The Labute approximate surface area is 197 Å². The van der Waals surface area contributed by atoms with Crippen molar-refractivity contribution in [3.8, 4) is 5.75 Å². The Bertz CT molecular complexity index is 1020. The van der Waals surface area contributed by atoms with E-state index >= 15 is 0 Å². The maximum absolute atomic E-state index is 13.3. The molecule has 178 valence electrons. The van der Waals surface area contributed by atoms with E-state index in [1.165, 1.54) is 4.90 Å². The Morgan fingerprint density at radius 3 is 2.85 bits per heavy atom. The van der Waals surface area contributed by atoms with Crippen LogP contribution in [0.15, 0.2) is 22.7 Å². The van der Waals surface area contributed by atoms with Gasteiger partial charge < -0.3 is 24.8 Å². The Morgan fingerprint density at radius 1 is 1.30 bits per heavy atom. The van der Waals surface area contributed by atoms with Gasteiger partial charge in [0.05, 0.1) is 23.8 Å².